The van der Waals surface area contributed by atoms with Crippen LogP contribution in [0.2, 0.25) is 0 Å². The summed E-state index contributed by atoms with van der Waals surface area (Å²) in [6.07, 6.45) is -5.52. The molecule has 182 valence electrons. The van der Waals surface area contributed by atoms with Gasteiger partial charge in [-0.2, -0.15) is 13.2 Å². The van der Waals surface area contributed by atoms with Gasteiger partial charge in [0, 0.05) is 6.04 Å². The van der Waals surface area contributed by atoms with E-state index in [1.54, 1.807) is 26.8 Å². The van der Waals surface area contributed by atoms with Gasteiger partial charge < -0.3 is 4.74 Å². The summed E-state index contributed by atoms with van der Waals surface area (Å²) >= 11 is 0. The summed E-state index contributed by atoms with van der Waals surface area (Å²) in [6.45, 7) is 6.09. The molecule has 12 heteroatoms. The first kappa shape index (κ1) is 26.8. The number of sulfonamides is 1. The fourth-order valence-corrected chi connectivity index (χ4v) is 5.74. The van der Waals surface area contributed by atoms with E-state index in [9.17, 15) is 34.8 Å². The average molecular weight is 508 g/mol. The third kappa shape index (κ3) is 7.02. The summed E-state index contributed by atoms with van der Waals surface area (Å²) in [6, 6.07) is 7.33. The van der Waals surface area contributed by atoms with E-state index in [1.165, 1.54) is 31.2 Å². The number of hydrogen-bond donors (Lipinski definition) is 1. The van der Waals surface area contributed by atoms with Crippen LogP contribution in [-0.4, -0.2) is 34.4 Å². The van der Waals surface area contributed by atoms with Gasteiger partial charge in [0.1, 0.15) is 5.60 Å². The number of benzene rings is 2. The van der Waals surface area contributed by atoms with Crippen LogP contribution in [0.5, 0.6) is 0 Å². The number of alkyl halides is 3. The number of carbonyl (C=O) groups is 1. The van der Waals surface area contributed by atoms with Gasteiger partial charge in [-0.3, -0.25) is 4.79 Å². The van der Waals surface area contributed by atoms with Crippen LogP contribution in [-0.2, 0) is 35.6 Å². The molecule has 33 heavy (non-hydrogen) atoms. The Hall–Kier alpha value is -2.44. The van der Waals surface area contributed by atoms with Crippen molar-refractivity contribution in [3.05, 3.63) is 54.1 Å². The van der Waals surface area contributed by atoms with Gasteiger partial charge in [0.2, 0.25) is 19.9 Å². The van der Waals surface area contributed by atoms with E-state index in [-0.39, 0.29) is 4.90 Å². The van der Waals surface area contributed by atoms with Crippen molar-refractivity contribution in [3.63, 3.8) is 0 Å². The van der Waals surface area contributed by atoms with Gasteiger partial charge in [-0.15, -0.1) is 0 Å². The predicted molar refractivity (Wildman–Crippen MR) is 114 cm³/mol. The van der Waals surface area contributed by atoms with Gasteiger partial charge in [0.25, 0.3) is 0 Å². The molecular weight excluding hydrogens is 483 g/mol. The van der Waals surface area contributed by atoms with Gasteiger partial charge >= 0.3 is 12.1 Å². The van der Waals surface area contributed by atoms with Crippen LogP contribution >= 0.6 is 0 Å². The molecule has 0 aliphatic heterocycles. The standard InChI is InChI=1S/C21H24F3NO6S2/c1-14(12-19(26)31-20(2,3)4)25-33(29,30)18-13-16(10-11-17(18)21(22,23)24)32(27,28)15-8-6-5-7-9-15/h5-11,13-14,25H,12H2,1-4H3. The molecule has 0 radical (unpaired) electrons. The minimum Gasteiger partial charge on any atom is -0.460 e. The Morgan fingerprint density at radius 3 is 2.06 bits per heavy atom. The van der Waals surface area contributed by atoms with Crippen LogP contribution in [0, 0.1) is 0 Å². The number of nitrogens with one attached hydrogen (secondary N) is 1. The Kier molecular flexibility index (Phi) is 7.66. The smallest absolute Gasteiger partial charge is 0.417 e. The van der Waals surface area contributed by atoms with Crippen molar-refractivity contribution in [2.24, 2.45) is 0 Å². The molecule has 1 unspecified atom stereocenters. The van der Waals surface area contributed by atoms with Crippen molar-refractivity contribution >= 4 is 25.8 Å². The number of rotatable bonds is 7. The molecule has 0 bridgehead atoms. The molecule has 0 saturated carbocycles. The SMILES string of the molecule is CC(CC(=O)OC(C)(C)C)NS(=O)(=O)c1cc(S(=O)(=O)c2ccccc2)ccc1C(F)(F)F. The lowest BCUT2D eigenvalue weighted by Crippen LogP contribution is -2.37. The lowest BCUT2D eigenvalue weighted by atomic mass is 10.2. The van der Waals surface area contributed by atoms with Crippen LogP contribution < -0.4 is 4.72 Å². The summed E-state index contributed by atoms with van der Waals surface area (Å²) in [4.78, 5) is 9.85. The van der Waals surface area contributed by atoms with E-state index in [1.807, 2.05) is 4.72 Å². The summed E-state index contributed by atoms with van der Waals surface area (Å²) < 4.78 is 99.0. The predicted octanol–water partition coefficient (Wildman–Crippen LogP) is 3.94. The van der Waals surface area contributed by atoms with Gasteiger partial charge in [0.05, 0.1) is 26.7 Å². The molecule has 1 N–H and O–H groups in total. The maximum Gasteiger partial charge on any atom is 0.417 e. The van der Waals surface area contributed by atoms with Gasteiger partial charge in [-0.05, 0) is 58.0 Å². The summed E-state index contributed by atoms with van der Waals surface area (Å²) in [5.74, 6) is -0.755. The lowest BCUT2D eigenvalue weighted by Gasteiger charge is -2.22. The molecular formula is C21H24F3NO6S2. The van der Waals surface area contributed by atoms with Crippen LogP contribution in [0.1, 0.15) is 39.7 Å². The van der Waals surface area contributed by atoms with Crippen molar-refractivity contribution in [1.29, 1.82) is 0 Å². The normalized spacial score (nSPS) is 14.0. The minimum absolute atomic E-state index is 0.209. The lowest BCUT2D eigenvalue weighted by molar-refractivity contribution is -0.155. The summed E-state index contributed by atoms with van der Waals surface area (Å²) in [5.41, 5.74) is -2.37. The monoisotopic (exact) mass is 507 g/mol. The van der Waals surface area contributed by atoms with Crippen molar-refractivity contribution in [1.82, 2.24) is 4.72 Å². The average Bonchev–Trinajstić information content (AvgIpc) is 2.65. The molecule has 0 spiro atoms. The number of halogens is 3. The van der Waals surface area contributed by atoms with Crippen LogP contribution in [0.15, 0.2) is 63.2 Å². The van der Waals surface area contributed by atoms with Gasteiger partial charge in [-0.25, -0.2) is 21.6 Å². The largest absolute Gasteiger partial charge is 0.460 e. The Balaban J connectivity index is 2.48. The zero-order valence-electron chi connectivity index (χ0n) is 18.3. The quantitative estimate of drug-likeness (QED) is 0.569. The Morgan fingerprint density at radius 1 is 0.970 bits per heavy atom. The fraction of sp³-hybridized carbons (Fsp3) is 0.381. The van der Waals surface area contributed by atoms with E-state index in [0.717, 1.165) is 0 Å². The van der Waals surface area contributed by atoms with Crippen molar-refractivity contribution in [2.75, 3.05) is 0 Å². The molecule has 0 aliphatic carbocycles. The first-order valence-electron chi connectivity index (χ1n) is 9.69. The third-order valence-electron chi connectivity index (χ3n) is 4.16. The minimum atomic E-state index is -5.08. The van der Waals surface area contributed by atoms with Crippen LogP contribution in [0.4, 0.5) is 13.2 Å². The number of hydrogen-bond acceptors (Lipinski definition) is 6. The van der Waals surface area contributed by atoms with E-state index in [2.05, 4.69) is 0 Å². The highest BCUT2D eigenvalue weighted by molar-refractivity contribution is 7.91. The zero-order valence-corrected chi connectivity index (χ0v) is 19.9. The molecule has 0 saturated heterocycles. The molecule has 2 aromatic carbocycles. The number of carbonyl (C=O) groups excluding carboxylic acids is 1. The van der Waals surface area contributed by atoms with E-state index in [0.29, 0.717) is 18.2 Å². The van der Waals surface area contributed by atoms with Crippen LogP contribution in [0.25, 0.3) is 0 Å². The van der Waals surface area contributed by atoms with Crippen molar-refractivity contribution in [3.8, 4) is 0 Å². The third-order valence-corrected chi connectivity index (χ3v) is 7.56. The highest BCUT2D eigenvalue weighted by Crippen LogP contribution is 2.36. The summed E-state index contributed by atoms with van der Waals surface area (Å²) in [7, 11) is -9.16. The van der Waals surface area contributed by atoms with Gasteiger partial charge in [0.15, 0.2) is 0 Å². The molecule has 0 fully saturated rings. The fourth-order valence-electron chi connectivity index (χ4n) is 2.87. The topological polar surface area (TPSA) is 107 Å². The molecule has 1 atom stereocenters. The van der Waals surface area contributed by atoms with Gasteiger partial charge in [-0.1, -0.05) is 18.2 Å². The molecule has 0 aromatic heterocycles. The second kappa shape index (κ2) is 9.43. The summed E-state index contributed by atoms with van der Waals surface area (Å²) in [5, 5.41) is 0. The maximum absolute atomic E-state index is 13.5. The van der Waals surface area contributed by atoms with Crippen molar-refractivity contribution < 1.29 is 39.5 Å². The van der Waals surface area contributed by atoms with E-state index >= 15 is 0 Å². The second-order valence-corrected chi connectivity index (χ2v) is 11.9. The number of esters is 1. The molecule has 0 heterocycles. The number of ether oxygens (including phenoxy) is 1. The number of sulfone groups is 1. The molecule has 2 rings (SSSR count). The first-order chi connectivity index (χ1) is 14.9. The Labute approximate surface area is 190 Å². The van der Waals surface area contributed by atoms with E-state index < -0.39 is 65.4 Å². The zero-order chi connectivity index (χ0) is 25.2. The Morgan fingerprint density at radius 2 is 1.55 bits per heavy atom. The second-order valence-electron chi connectivity index (χ2n) is 8.29. The van der Waals surface area contributed by atoms with Crippen molar-refractivity contribution in [2.45, 2.75) is 66.6 Å². The van der Waals surface area contributed by atoms with E-state index in [4.69, 9.17) is 4.74 Å². The maximum atomic E-state index is 13.5. The van der Waals surface area contributed by atoms with Crippen LogP contribution in [0.3, 0.4) is 0 Å². The highest BCUT2D eigenvalue weighted by atomic mass is 32.2. The molecule has 0 aliphatic rings. The molecule has 0 amide bonds. The Bertz CT molecular complexity index is 1220. The first-order valence-corrected chi connectivity index (χ1v) is 12.7. The molecule has 2 aromatic rings. The molecule has 7 nitrogen and oxygen atoms in total. The highest BCUT2D eigenvalue weighted by Gasteiger charge is 2.39.